The Morgan fingerprint density at radius 3 is 2.10 bits per heavy atom. The van der Waals surface area contributed by atoms with Crippen LogP contribution < -0.4 is 0 Å². The van der Waals surface area contributed by atoms with Crippen LogP contribution in [-0.4, -0.2) is 16.9 Å². The molecule has 10 heavy (non-hydrogen) atoms. The summed E-state index contributed by atoms with van der Waals surface area (Å²) in [5.41, 5.74) is 0. The molecular weight excluding hydrogens is 183 g/mol. The zero-order valence-electron chi connectivity index (χ0n) is 7.61. The third kappa shape index (κ3) is 8.56. The molecule has 0 heterocycles. The Kier molecular flexibility index (Phi) is 5.53. The molecule has 1 atom stereocenters. The first-order chi connectivity index (χ1) is 4.56. The van der Waals surface area contributed by atoms with Crippen LogP contribution in [0.2, 0.25) is 4.20 Å². The molecule has 0 N–H and O–H groups in total. The second kappa shape index (κ2) is 5.24. The van der Waals surface area contributed by atoms with Crippen molar-refractivity contribution in [3.05, 3.63) is 0 Å². The Labute approximate surface area is 74.3 Å². The molecule has 0 rings (SSSR count). The summed E-state index contributed by atoms with van der Waals surface area (Å²) in [5.74, 6) is 0. The summed E-state index contributed by atoms with van der Waals surface area (Å²) < 4.78 is 0.612. The monoisotopic (exact) mass is 204 g/mol. The maximum atomic E-state index is 2.35. The molecule has 0 aliphatic carbocycles. The number of hydrogen-bond donors (Lipinski definition) is 0. The Hall–Kier alpha value is 0.558. The third-order valence-corrected chi connectivity index (χ3v) is 2.28. The van der Waals surface area contributed by atoms with Crippen molar-refractivity contribution in [3.63, 3.8) is 0 Å². The van der Waals surface area contributed by atoms with E-state index >= 15 is 0 Å². The van der Waals surface area contributed by atoms with Crippen molar-refractivity contribution in [3.8, 4) is 0 Å². The molecule has 0 fully saturated rings. The van der Waals surface area contributed by atoms with Crippen LogP contribution in [0.4, 0.5) is 0 Å². The Bertz CT molecular complexity index is 71.3. The van der Waals surface area contributed by atoms with Gasteiger partial charge in [-0.15, -0.1) is 0 Å². The SMILES string of the molecule is CCCCCCC(C)(C)[AsH2]. The second-order valence-corrected chi connectivity index (χ2v) is 7.08. The minimum atomic E-state index is 0.612. The van der Waals surface area contributed by atoms with Crippen molar-refractivity contribution in [1.29, 1.82) is 0 Å². The Balaban J connectivity index is 3.04. The fourth-order valence-electron chi connectivity index (χ4n) is 1.01. The van der Waals surface area contributed by atoms with Gasteiger partial charge in [0.1, 0.15) is 0 Å². The molecule has 0 aliphatic rings. The molecule has 0 saturated heterocycles. The molecule has 0 aromatic carbocycles. The first-order valence-corrected chi connectivity index (χ1v) is 5.56. The van der Waals surface area contributed by atoms with Gasteiger partial charge in [-0.05, 0) is 0 Å². The summed E-state index contributed by atoms with van der Waals surface area (Å²) in [7, 11) is 0. The molecule has 0 nitrogen and oxygen atoms in total. The van der Waals surface area contributed by atoms with Crippen molar-refractivity contribution in [2.45, 2.75) is 57.1 Å². The van der Waals surface area contributed by atoms with Crippen LogP contribution in [0.3, 0.4) is 0 Å². The molecule has 0 aliphatic heterocycles. The summed E-state index contributed by atoms with van der Waals surface area (Å²) in [4.78, 5) is 0. The molecule has 0 aromatic rings. The van der Waals surface area contributed by atoms with E-state index in [1.165, 1.54) is 32.1 Å². The van der Waals surface area contributed by atoms with Crippen LogP contribution in [-0.2, 0) is 0 Å². The molecule has 0 bridgehead atoms. The molecule has 0 aromatic heterocycles. The Morgan fingerprint density at radius 1 is 1.10 bits per heavy atom. The molecule has 0 amide bonds. The fraction of sp³-hybridized carbons (Fsp3) is 1.00. The average Bonchev–Trinajstić information content (AvgIpc) is 1.78. The van der Waals surface area contributed by atoms with Crippen LogP contribution in [0, 0.1) is 0 Å². The van der Waals surface area contributed by atoms with Crippen molar-refractivity contribution >= 4 is 16.9 Å². The first-order valence-electron chi connectivity index (χ1n) is 4.35. The first kappa shape index (κ1) is 10.6. The van der Waals surface area contributed by atoms with Gasteiger partial charge < -0.3 is 0 Å². The van der Waals surface area contributed by atoms with Crippen molar-refractivity contribution in [2.75, 3.05) is 0 Å². The van der Waals surface area contributed by atoms with E-state index in [0.29, 0.717) is 4.20 Å². The molecule has 1 heteroatoms. The number of hydrogen-bond acceptors (Lipinski definition) is 0. The van der Waals surface area contributed by atoms with Crippen LogP contribution in [0.15, 0.2) is 0 Å². The molecular formula is C9H21As. The fourth-order valence-corrected chi connectivity index (χ4v) is 1.44. The van der Waals surface area contributed by atoms with E-state index in [-0.39, 0.29) is 0 Å². The van der Waals surface area contributed by atoms with Crippen molar-refractivity contribution in [2.24, 2.45) is 0 Å². The van der Waals surface area contributed by atoms with E-state index in [1.54, 1.807) is 0 Å². The quantitative estimate of drug-likeness (QED) is 0.477. The molecule has 62 valence electrons. The van der Waals surface area contributed by atoms with Crippen LogP contribution in [0.1, 0.15) is 52.9 Å². The topological polar surface area (TPSA) is 0 Å². The number of unbranched alkanes of at least 4 members (excludes halogenated alkanes) is 3. The van der Waals surface area contributed by atoms with Gasteiger partial charge in [0.05, 0.1) is 0 Å². The van der Waals surface area contributed by atoms with Gasteiger partial charge in [-0.3, -0.25) is 0 Å². The van der Waals surface area contributed by atoms with Gasteiger partial charge in [-0.25, -0.2) is 0 Å². The van der Waals surface area contributed by atoms with E-state index in [4.69, 9.17) is 0 Å². The predicted octanol–water partition coefficient (Wildman–Crippen LogP) is 2.79. The summed E-state index contributed by atoms with van der Waals surface area (Å²) in [6.45, 7) is 6.96. The maximum absolute atomic E-state index is 2.35. The van der Waals surface area contributed by atoms with Gasteiger partial charge in [-0.2, -0.15) is 0 Å². The second-order valence-electron chi connectivity index (χ2n) is 3.80. The Morgan fingerprint density at radius 2 is 1.70 bits per heavy atom. The summed E-state index contributed by atoms with van der Waals surface area (Å²) in [6, 6.07) is 0. The zero-order valence-corrected chi connectivity index (χ0v) is 10.0. The number of rotatable bonds is 5. The van der Waals surface area contributed by atoms with Crippen molar-refractivity contribution < 1.29 is 0 Å². The molecule has 0 radical (unpaired) electrons. The van der Waals surface area contributed by atoms with E-state index in [0.717, 1.165) is 0 Å². The van der Waals surface area contributed by atoms with Gasteiger partial charge in [0.2, 0.25) is 0 Å². The normalized spacial score (nSPS) is 12.0. The summed E-state index contributed by atoms with van der Waals surface area (Å²) >= 11 is 1.88. The third-order valence-electron chi connectivity index (χ3n) is 1.67. The van der Waals surface area contributed by atoms with E-state index < -0.39 is 0 Å². The van der Waals surface area contributed by atoms with Gasteiger partial charge >= 0.3 is 73.9 Å². The summed E-state index contributed by atoms with van der Waals surface area (Å²) in [6.07, 6.45) is 7.05. The van der Waals surface area contributed by atoms with Crippen LogP contribution >= 0.6 is 0 Å². The molecule has 0 saturated carbocycles. The molecule has 0 spiro atoms. The van der Waals surface area contributed by atoms with Crippen molar-refractivity contribution in [1.82, 2.24) is 0 Å². The van der Waals surface area contributed by atoms with Gasteiger partial charge in [-0.1, -0.05) is 0 Å². The van der Waals surface area contributed by atoms with Gasteiger partial charge in [0.25, 0.3) is 0 Å². The summed E-state index contributed by atoms with van der Waals surface area (Å²) in [5, 5.41) is 0. The van der Waals surface area contributed by atoms with Crippen LogP contribution in [0.25, 0.3) is 0 Å². The van der Waals surface area contributed by atoms with E-state index in [9.17, 15) is 0 Å². The van der Waals surface area contributed by atoms with Gasteiger partial charge in [0, 0.05) is 0 Å². The molecule has 1 unspecified atom stereocenters. The standard InChI is InChI=1S/C9H21As/c1-4-5-6-7-8-9(2,3)10/h4-8,10H2,1-3H3. The average molecular weight is 204 g/mol. The minimum absolute atomic E-state index is 0.612. The van der Waals surface area contributed by atoms with Crippen LogP contribution in [0.5, 0.6) is 0 Å². The zero-order chi connectivity index (χ0) is 8.04. The van der Waals surface area contributed by atoms with Gasteiger partial charge in [0.15, 0.2) is 0 Å². The van der Waals surface area contributed by atoms with E-state index in [2.05, 4.69) is 20.8 Å². The van der Waals surface area contributed by atoms with E-state index in [1.807, 2.05) is 16.9 Å². The predicted molar refractivity (Wildman–Crippen MR) is 51.3 cm³/mol.